The first kappa shape index (κ1) is 18.6. The number of amides is 1. The van der Waals surface area contributed by atoms with Crippen molar-refractivity contribution < 1.29 is 4.79 Å². The molecular formula is C24H35N3O. The molecule has 0 radical (unpaired) electrons. The Morgan fingerprint density at radius 3 is 2.14 bits per heavy atom. The molecule has 1 unspecified atom stereocenters. The number of carbonyl (C=O) groups is 1. The van der Waals surface area contributed by atoms with Gasteiger partial charge in [0.15, 0.2) is 0 Å². The third-order valence-electron chi connectivity index (χ3n) is 8.14. The lowest BCUT2D eigenvalue weighted by molar-refractivity contribution is -0.146. The Labute approximate surface area is 169 Å². The van der Waals surface area contributed by atoms with Crippen LogP contribution in [0.15, 0.2) is 30.3 Å². The number of rotatable bonds is 5. The molecule has 1 heterocycles. The first-order chi connectivity index (χ1) is 13.6. The number of nitrogens with one attached hydrogen (secondary N) is 1. The normalized spacial score (nSPS) is 36.4. The highest BCUT2D eigenvalue weighted by Crippen LogP contribution is 2.60. The van der Waals surface area contributed by atoms with Gasteiger partial charge in [0.25, 0.3) is 0 Å². The van der Waals surface area contributed by atoms with Crippen molar-refractivity contribution in [3.05, 3.63) is 35.9 Å². The van der Waals surface area contributed by atoms with Crippen LogP contribution in [0.5, 0.6) is 0 Å². The monoisotopic (exact) mass is 381 g/mol. The maximum atomic E-state index is 13.4. The summed E-state index contributed by atoms with van der Waals surface area (Å²) in [6, 6.07) is 11.1. The number of likely N-dealkylation sites (N-methyl/N-ethyl adjacent to an activating group) is 1. The van der Waals surface area contributed by atoms with E-state index in [2.05, 4.69) is 52.5 Å². The average Bonchev–Trinajstić information content (AvgIpc) is 2.69. The minimum Gasteiger partial charge on any atom is -0.354 e. The van der Waals surface area contributed by atoms with Gasteiger partial charge >= 0.3 is 0 Å². The first-order valence-corrected chi connectivity index (χ1v) is 11.4. The van der Waals surface area contributed by atoms with Crippen molar-refractivity contribution in [2.45, 2.75) is 44.6 Å². The van der Waals surface area contributed by atoms with E-state index in [0.717, 1.165) is 69.7 Å². The van der Waals surface area contributed by atoms with Gasteiger partial charge in [0.2, 0.25) is 5.91 Å². The molecule has 1 aliphatic heterocycles. The molecule has 0 spiro atoms. The molecule has 1 amide bonds. The molecule has 1 aromatic carbocycles. The lowest BCUT2D eigenvalue weighted by Gasteiger charge is -2.55. The van der Waals surface area contributed by atoms with Crippen LogP contribution < -0.4 is 5.32 Å². The van der Waals surface area contributed by atoms with E-state index in [1.54, 1.807) is 0 Å². The Kier molecular flexibility index (Phi) is 4.96. The van der Waals surface area contributed by atoms with Crippen molar-refractivity contribution in [3.8, 4) is 0 Å². The summed E-state index contributed by atoms with van der Waals surface area (Å²) < 4.78 is 0. The van der Waals surface area contributed by atoms with E-state index in [-0.39, 0.29) is 11.5 Å². The molecule has 0 aromatic heterocycles. The van der Waals surface area contributed by atoms with Crippen LogP contribution in [0.4, 0.5) is 0 Å². The highest BCUT2D eigenvalue weighted by atomic mass is 16.2. The zero-order valence-corrected chi connectivity index (χ0v) is 17.3. The fourth-order valence-corrected chi connectivity index (χ4v) is 7.03. The molecule has 4 saturated carbocycles. The van der Waals surface area contributed by atoms with E-state index < -0.39 is 0 Å². The highest BCUT2D eigenvalue weighted by molar-refractivity contribution is 5.83. The maximum Gasteiger partial charge on any atom is 0.226 e. The zero-order chi connectivity index (χ0) is 19.1. The fraction of sp³-hybridized carbons (Fsp3) is 0.708. The summed E-state index contributed by atoms with van der Waals surface area (Å²) in [5.41, 5.74) is 1.29. The summed E-state index contributed by atoms with van der Waals surface area (Å²) >= 11 is 0. The zero-order valence-electron chi connectivity index (χ0n) is 17.3. The number of benzene rings is 1. The molecule has 6 rings (SSSR count). The minimum atomic E-state index is -0.0435. The summed E-state index contributed by atoms with van der Waals surface area (Å²) in [5.74, 6) is 2.82. The number of hydrogen-bond acceptors (Lipinski definition) is 3. The largest absolute Gasteiger partial charge is 0.354 e. The molecule has 1 saturated heterocycles. The van der Waals surface area contributed by atoms with E-state index in [1.165, 1.54) is 24.8 Å². The molecule has 1 atom stereocenters. The molecule has 5 fully saturated rings. The second kappa shape index (κ2) is 7.46. The fourth-order valence-electron chi connectivity index (χ4n) is 7.03. The molecule has 1 N–H and O–H groups in total. The summed E-state index contributed by atoms with van der Waals surface area (Å²) in [7, 11) is 2.20. The molecular weight excluding hydrogens is 346 g/mol. The van der Waals surface area contributed by atoms with Crippen LogP contribution in [0.25, 0.3) is 0 Å². The van der Waals surface area contributed by atoms with Crippen LogP contribution in [-0.2, 0) is 4.79 Å². The number of carbonyl (C=O) groups excluding carboxylic acids is 1. The van der Waals surface area contributed by atoms with Crippen LogP contribution in [0, 0.1) is 23.2 Å². The van der Waals surface area contributed by atoms with Gasteiger partial charge in [0, 0.05) is 38.1 Å². The van der Waals surface area contributed by atoms with Crippen molar-refractivity contribution in [2.75, 3.05) is 39.8 Å². The van der Waals surface area contributed by atoms with Crippen LogP contribution in [-0.4, -0.2) is 55.5 Å². The van der Waals surface area contributed by atoms with Crippen LogP contribution >= 0.6 is 0 Å². The second-order valence-electron chi connectivity index (χ2n) is 10.2. The molecule has 4 nitrogen and oxygen atoms in total. The van der Waals surface area contributed by atoms with Crippen molar-refractivity contribution in [1.82, 2.24) is 15.1 Å². The van der Waals surface area contributed by atoms with Crippen LogP contribution in [0.2, 0.25) is 0 Å². The molecule has 5 aliphatic rings. The predicted molar refractivity (Wildman–Crippen MR) is 112 cm³/mol. The Morgan fingerprint density at radius 2 is 1.57 bits per heavy atom. The Morgan fingerprint density at radius 1 is 1.00 bits per heavy atom. The smallest absolute Gasteiger partial charge is 0.226 e. The van der Waals surface area contributed by atoms with Gasteiger partial charge in [-0.15, -0.1) is 0 Å². The average molecular weight is 382 g/mol. The van der Waals surface area contributed by atoms with Crippen LogP contribution in [0.3, 0.4) is 0 Å². The Balaban J connectivity index is 1.29. The maximum absolute atomic E-state index is 13.4. The van der Waals surface area contributed by atoms with Crippen molar-refractivity contribution in [2.24, 2.45) is 23.2 Å². The summed E-state index contributed by atoms with van der Waals surface area (Å²) in [6.07, 6.45) is 7.61. The van der Waals surface area contributed by atoms with Gasteiger partial charge in [0.05, 0.1) is 6.04 Å². The molecule has 4 heteroatoms. The van der Waals surface area contributed by atoms with Crippen molar-refractivity contribution in [3.63, 3.8) is 0 Å². The van der Waals surface area contributed by atoms with Gasteiger partial charge in [-0.2, -0.15) is 0 Å². The summed E-state index contributed by atoms with van der Waals surface area (Å²) in [4.78, 5) is 18.4. The number of piperazine rings is 1. The van der Waals surface area contributed by atoms with Gasteiger partial charge in [-0.25, -0.2) is 0 Å². The predicted octanol–water partition coefficient (Wildman–Crippen LogP) is 3.31. The summed E-state index contributed by atoms with van der Waals surface area (Å²) in [6.45, 7) is 5.10. The lowest BCUT2D eigenvalue weighted by Crippen LogP contribution is -2.55. The van der Waals surface area contributed by atoms with Crippen molar-refractivity contribution >= 4 is 5.91 Å². The minimum absolute atomic E-state index is 0.0435. The van der Waals surface area contributed by atoms with E-state index in [1.807, 2.05) is 0 Å². The van der Waals surface area contributed by atoms with Crippen LogP contribution in [0.1, 0.15) is 50.1 Å². The standard InChI is InChI=1S/C24H35N3O/c1-26-7-9-27(10-8-26)22(21-5-3-2-4-6-21)17-25-23(28)24-14-18-11-19(15-24)13-20(12-18)16-24/h2-6,18-20,22H,7-17H2,1H3,(H,25,28). The third-order valence-corrected chi connectivity index (χ3v) is 8.14. The third kappa shape index (κ3) is 3.50. The molecule has 4 bridgehead atoms. The van der Waals surface area contributed by atoms with Crippen molar-refractivity contribution in [1.29, 1.82) is 0 Å². The Hall–Kier alpha value is -1.39. The van der Waals surface area contributed by atoms with Gasteiger partial charge in [-0.1, -0.05) is 30.3 Å². The van der Waals surface area contributed by atoms with E-state index in [9.17, 15) is 4.79 Å². The van der Waals surface area contributed by atoms with Gasteiger partial charge < -0.3 is 10.2 Å². The summed E-state index contributed by atoms with van der Waals surface area (Å²) in [5, 5.41) is 3.45. The van der Waals surface area contributed by atoms with E-state index in [0.29, 0.717) is 5.91 Å². The topological polar surface area (TPSA) is 35.6 Å². The lowest BCUT2D eigenvalue weighted by atomic mass is 9.49. The molecule has 1 aromatic rings. The number of nitrogens with zero attached hydrogens (tertiary/aromatic N) is 2. The van der Waals surface area contributed by atoms with Gasteiger partial charge in [0.1, 0.15) is 0 Å². The van der Waals surface area contributed by atoms with Gasteiger partial charge in [-0.3, -0.25) is 9.69 Å². The Bertz CT molecular complexity index is 660. The highest BCUT2D eigenvalue weighted by Gasteiger charge is 2.54. The van der Waals surface area contributed by atoms with Gasteiger partial charge in [-0.05, 0) is 68.9 Å². The quantitative estimate of drug-likeness (QED) is 0.850. The second-order valence-corrected chi connectivity index (χ2v) is 10.2. The number of hydrogen-bond donors (Lipinski definition) is 1. The van der Waals surface area contributed by atoms with E-state index in [4.69, 9.17) is 0 Å². The molecule has 28 heavy (non-hydrogen) atoms. The molecule has 4 aliphatic carbocycles. The molecule has 152 valence electrons. The first-order valence-electron chi connectivity index (χ1n) is 11.4. The SMILES string of the molecule is CN1CCN(C(CNC(=O)C23CC4CC(CC(C4)C2)C3)c2ccccc2)CC1. The van der Waals surface area contributed by atoms with E-state index >= 15 is 0 Å².